The molecule has 1 aliphatic rings. The molecule has 2 aromatic rings. The van der Waals surface area contributed by atoms with Crippen molar-refractivity contribution in [2.75, 3.05) is 11.4 Å². The van der Waals surface area contributed by atoms with Gasteiger partial charge >= 0.3 is 6.18 Å². The van der Waals surface area contributed by atoms with E-state index in [0.717, 1.165) is 23.4 Å². The third-order valence-corrected chi connectivity index (χ3v) is 5.60. The fourth-order valence-electron chi connectivity index (χ4n) is 3.31. The quantitative estimate of drug-likeness (QED) is 0.350. The molecule has 1 heterocycles. The molecule has 0 atom stereocenters. The first kappa shape index (κ1) is 22.7. The molecule has 0 aromatic heterocycles. The fraction of sp³-hybridized carbons (Fsp3) is 0.292. The molecule has 0 bridgehead atoms. The summed E-state index contributed by atoms with van der Waals surface area (Å²) in [6.07, 6.45) is -2.60. The van der Waals surface area contributed by atoms with Crippen molar-refractivity contribution < 1.29 is 22.7 Å². The van der Waals surface area contributed by atoms with Gasteiger partial charge in [0.05, 0.1) is 11.3 Å². The normalized spacial score (nSPS) is 13.3. The summed E-state index contributed by atoms with van der Waals surface area (Å²) in [5, 5.41) is 0. The molecule has 0 fully saturated rings. The van der Waals surface area contributed by atoms with E-state index in [1.807, 2.05) is 25.7 Å². The lowest BCUT2D eigenvalue weighted by atomic mass is 10.1. The van der Waals surface area contributed by atoms with Crippen molar-refractivity contribution in [1.29, 1.82) is 0 Å². The first-order chi connectivity index (χ1) is 14.5. The van der Waals surface area contributed by atoms with Crippen molar-refractivity contribution >= 4 is 19.7 Å². The Morgan fingerprint density at radius 2 is 2.00 bits per heavy atom. The van der Waals surface area contributed by atoms with E-state index in [1.165, 1.54) is 6.08 Å². The zero-order valence-corrected chi connectivity index (χ0v) is 18.8. The Bertz CT molecular complexity index is 1070. The molecule has 31 heavy (non-hydrogen) atoms. The number of benzene rings is 2. The first-order valence-electron chi connectivity index (χ1n) is 9.91. The summed E-state index contributed by atoms with van der Waals surface area (Å²) in [6.45, 7) is 10.1. The maximum absolute atomic E-state index is 13.4. The number of hydrogen-bond donors (Lipinski definition) is 0. The number of alkyl halides is 3. The number of anilines is 1. The zero-order valence-electron chi connectivity index (χ0n) is 17.8. The molecule has 3 nitrogen and oxygen atoms in total. The highest BCUT2D eigenvalue weighted by Gasteiger charge is 2.31. The molecule has 7 heteroatoms. The maximum atomic E-state index is 13.4. The molecule has 0 N–H and O–H groups in total. The van der Waals surface area contributed by atoms with Crippen LogP contribution >= 0.6 is 0 Å². The summed E-state index contributed by atoms with van der Waals surface area (Å²) in [5.41, 5.74) is 4.70. The second-order valence-corrected chi connectivity index (χ2v) is 13.2. The average molecular weight is 444 g/mol. The van der Waals surface area contributed by atoms with Crippen molar-refractivity contribution in [3.8, 4) is 17.2 Å². The van der Waals surface area contributed by atoms with Gasteiger partial charge in [-0.3, -0.25) is 4.79 Å². The number of ether oxygens (including phenoxy) is 1. The molecular formula is C24H24F3NO2Si. The Kier molecular flexibility index (Phi) is 6.32. The van der Waals surface area contributed by atoms with Crippen LogP contribution in [0.3, 0.4) is 0 Å². The highest BCUT2D eigenvalue weighted by molar-refractivity contribution is 6.83. The Hall–Kier alpha value is -2.98. The van der Waals surface area contributed by atoms with Crippen LogP contribution < -0.4 is 9.64 Å². The van der Waals surface area contributed by atoms with Gasteiger partial charge in [0.1, 0.15) is 20.4 Å². The van der Waals surface area contributed by atoms with Crippen LogP contribution in [0.5, 0.6) is 5.75 Å². The van der Waals surface area contributed by atoms with Gasteiger partial charge in [-0.2, -0.15) is 13.2 Å². The number of halogens is 3. The number of hydrogen-bond acceptors (Lipinski definition) is 2. The largest absolute Gasteiger partial charge is 0.489 e. The lowest BCUT2D eigenvalue weighted by molar-refractivity contribution is -0.137. The third kappa shape index (κ3) is 5.59. The molecule has 1 amide bonds. The molecule has 2 aromatic carbocycles. The summed E-state index contributed by atoms with van der Waals surface area (Å²) in [5.74, 6) is 3.27. The SMILES string of the molecule is C=CC(=O)N1CCc2c(OCc3cc(C#C[Si](C)(C)C)cc(C(F)(F)F)c3)cccc21. The predicted octanol–water partition coefficient (Wildman–Crippen LogP) is 5.59. The smallest absolute Gasteiger partial charge is 0.416 e. The van der Waals surface area contributed by atoms with Gasteiger partial charge in [0.25, 0.3) is 0 Å². The van der Waals surface area contributed by atoms with Crippen LogP contribution in [0.1, 0.15) is 22.3 Å². The molecular weight excluding hydrogens is 419 g/mol. The van der Waals surface area contributed by atoms with Gasteiger partial charge in [0.15, 0.2) is 0 Å². The zero-order chi connectivity index (χ0) is 22.8. The monoisotopic (exact) mass is 443 g/mol. The van der Waals surface area contributed by atoms with E-state index >= 15 is 0 Å². The molecule has 3 rings (SSSR count). The summed E-state index contributed by atoms with van der Waals surface area (Å²) in [7, 11) is -1.74. The minimum absolute atomic E-state index is 0.0304. The summed E-state index contributed by atoms with van der Waals surface area (Å²) in [6, 6.07) is 9.16. The Morgan fingerprint density at radius 3 is 2.65 bits per heavy atom. The van der Waals surface area contributed by atoms with Crippen molar-refractivity contribution in [1.82, 2.24) is 0 Å². The number of amides is 1. The maximum Gasteiger partial charge on any atom is 0.416 e. The van der Waals surface area contributed by atoms with Gasteiger partial charge in [-0.1, -0.05) is 38.2 Å². The number of rotatable bonds is 4. The van der Waals surface area contributed by atoms with Gasteiger partial charge in [0.2, 0.25) is 5.91 Å². The highest BCUT2D eigenvalue weighted by atomic mass is 28.3. The third-order valence-electron chi connectivity index (χ3n) is 4.72. The predicted molar refractivity (Wildman–Crippen MR) is 119 cm³/mol. The Balaban J connectivity index is 1.88. The van der Waals surface area contributed by atoms with Crippen LogP contribution in [-0.2, 0) is 24.0 Å². The van der Waals surface area contributed by atoms with Crippen molar-refractivity contribution in [3.05, 3.63) is 71.3 Å². The van der Waals surface area contributed by atoms with Gasteiger partial charge in [0, 0.05) is 17.7 Å². The van der Waals surface area contributed by atoms with Crippen molar-refractivity contribution in [2.24, 2.45) is 0 Å². The first-order valence-corrected chi connectivity index (χ1v) is 13.4. The van der Waals surface area contributed by atoms with Crippen LogP contribution in [0.15, 0.2) is 49.1 Å². The highest BCUT2D eigenvalue weighted by Crippen LogP contribution is 2.36. The second kappa shape index (κ2) is 8.64. The minimum Gasteiger partial charge on any atom is -0.489 e. The molecule has 0 saturated carbocycles. The molecule has 0 unspecified atom stereocenters. The Labute approximate surface area is 181 Å². The molecule has 0 aliphatic carbocycles. The molecule has 0 saturated heterocycles. The van der Waals surface area contributed by atoms with Gasteiger partial charge in [-0.05, 0) is 48.4 Å². The summed E-state index contributed by atoms with van der Waals surface area (Å²) in [4.78, 5) is 13.6. The lowest BCUT2D eigenvalue weighted by Crippen LogP contribution is -2.26. The van der Waals surface area contributed by atoms with Crippen molar-refractivity contribution in [3.63, 3.8) is 0 Å². The van der Waals surface area contributed by atoms with Crippen LogP contribution in [0.25, 0.3) is 0 Å². The average Bonchev–Trinajstić information content (AvgIpc) is 3.13. The summed E-state index contributed by atoms with van der Waals surface area (Å²) < 4.78 is 46.1. The van der Waals surface area contributed by atoms with Crippen LogP contribution in [0.4, 0.5) is 18.9 Å². The number of carbonyl (C=O) groups is 1. The minimum atomic E-state index is -4.47. The van der Waals surface area contributed by atoms with E-state index in [1.54, 1.807) is 23.1 Å². The number of carbonyl (C=O) groups excluding carboxylic acids is 1. The number of fused-ring (bicyclic) bond motifs is 1. The van der Waals surface area contributed by atoms with Crippen LogP contribution in [0, 0.1) is 11.5 Å². The van der Waals surface area contributed by atoms with Gasteiger partial charge < -0.3 is 9.64 Å². The molecule has 0 radical (unpaired) electrons. The van der Waals surface area contributed by atoms with Crippen molar-refractivity contribution in [2.45, 2.75) is 38.8 Å². The molecule has 162 valence electrons. The van der Waals surface area contributed by atoms with Gasteiger partial charge in [-0.25, -0.2) is 0 Å². The van der Waals surface area contributed by atoms with Gasteiger partial charge in [-0.15, -0.1) is 5.54 Å². The van der Waals surface area contributed by atoms with Crippen LogP contribution in [0.2, 0.25) is 19.6 Å². The van der Waals surface area contributed by atoms with E-state index in [9.17, 15) is 18.0 Å². The molecule has 0 spiro atoms. The lowest BCUT2D eigenvalue weighted by Gasteiger charge is -2.16. The Morgan fingerprint density at radius 1 is 1.26 bits per heavy atom. The van der Waals surface area contributed by atoms with E-state index in [0.29, 0.717) is 29.8 Å². The standard InChI is InChI=1S/C24H24F3NO2Si/c1-5-23(29)28-11-9-20-21(28)7-6-8-22(20)30-16-18-13-17(10-12-31(2,3)4)14-19(15-18)24(25,26)27/h5-8,13-15H,1,9,11,16H2,2-4H3. The topological polar surface area (TPSA) is 29.5 Å². The van der Waals surface area contributed by atoms with E-state index in [-0.39, 0.29) is 12.5 Å². The van der Waals surface area contributed by atoms with E-state index in [4.69, 9.17) is 4.74 Å². The number of nitrogens with zero attached hydrogens (tertiary/aromatic N) is 1. The molecule has 1 aliphatic heterocycles. The van der Waals surface area contributed by atoms with Crippen LogP contribution in [-0.4, -0.2) is 20.5 Å². The van der Waals surface area contributed by atoms with E-state index < -0.39 is 19.8 Å². The van der Waals surface area contributed by atoms with E-state index in [2.05, 4.69) is 18.0 Å². The fourth-order valence-corrected chi connectivity index (χ4v) is 3.83. The summed E-state index contributed by atoms with van der Waals surface area (Å²) >= 11 is 0. The second-order valence-electron chi connectivity index (χ2n) is 8.40.